The molecule has 0 bridgehead atoms. The highest BCUT2D eigenvalue weighted by atomic mass is 16.6. The Morgan fingerprint density at radius 3 is 2.83 bits per heavy atom. The summed E-state index contributed by atoms with van der Waals surface area (Å²) in [4.78, 5) is 39.3. The van der Waals surface area contributed by atoms with E-state index in [9.17, 15) is 14.4 Å². The zero-order valence-corrected chi connectivity index (χ0v) is 13.7. The van der Waals surface area contributed by atoms with Crippen LogP contribution >= 0.6 is 0 Å². The molecular formula is C15H20N4O5. The van der Waals surface area contributed by atoms with Gasteiger partial charge in [0.2, 0.25) is 5.91 Å². The van der Waals surface area contributed by atoms with E-state index in [4.69, 9.17) is 15.2 Å². The second-order valence-corrected chi connectivity index (χ2v) is 6.30. The van der Waals surface area contributed by atoms with Gasteiger partial charge in [0, 0.05) is 18.7 Å². The van der Waals surface area contributed by atoms with Crippen molar-refractivity contribution in [1.29, 1.82) is 0 Å². The molecule has 0 saturated carbocycles. The lowest BCUT2D eigenvalue weighted by atomic mass is 10.1. The molecule has 0 aromatic carbocycles. The van der Waals surface area contributed by atoms with Crippen LogP contribution in [0.15, 0.2) is 18.5 Å². The predicted molar refractivity (Wildman–Crippen MR) is 84.3 cm³/mol. The van der Waals surface area contributed by atoms with Gasteiger partial charge in [0.25, 0.3) is 5.91 Å². The lowest BCUT2D eigenvalue weighted by Crippen LogP contribution is -2.50. The number of ether oxygens (including phenoxy) is 2. The van der Waals surface area contributed by atoms with Crippen molar-refractivity contribution in [2.75, 3.05) is 5.32 Å². The first-order valence-corrected chi connectivity index (χ1v) is 7.36. The third-order valence-corrected chi connectivity index (χ3v) is 3.08. The number of anilines is 1. The number of fused-ring (bicyclic) bond motifs is 1. The number of nitrogens with two attached hydrogens (primary N) is 1. The van der Waals surface area contributed by atoms with Crippen molar-refractivity contribution < 1.29 is 23.9 Å². The number of amides is 3. The van der Waals surface area contributed by atoms with E-state index >= 15 is 0 Å². The van der Waals surface area contributed by atoms with E-state index < -0.39 is 35.7 Å². The van der Waals surface area contributed by atoms with Crippen molar-refractivity contribution in [3.63, 3.8) is 0 Å². The number of primary amides is 1. The predicted octanol–water partition coefficient (Wildman–Crippen LogP) is 0.550. The third kappa shape index (κ3) is 4.58. The molecule has 1 aromatic rings. The average molecular weight is 336 g/mol. The summed E-state index contributed by atoms with van der Waals surface area (Å²) in [5.41, 5.74) is 5.01. The molecule has 9 heteroatoms. The Hall–Kier alpha value is -2.84. The molecule has 2 atom stereocenters. The quantitative estimate of drug-likeness (QED) is 0.735. The van der Waals surface area contributed by atoms with E-state index in [-0.39, 0.29) is 6.42 Å². The van der Waals surface area contributed by atoms with Crippen LogP contribution in [0, 0.1) is 0 Å². The van der Waals surface area contributed by atoms with E-state index in [2.05, 4.69) is 15.6 Å². The number of carbonyl (C=O) groups is 3. The topological polar surface area (TPSA) is 133 Å². The van der Waals surface area contributed by atoms with Crippen LogP contribution in [-0.4, -0.2) is 40.6 Å². The molecule has 2 heterocycles. The molecule has 24 heavy (non-hydrogen) atoms. The van der Waals surface area contributed by atoms with Gasteiger partial charge in [0.1, 0.15) is 23.1 Å². The van der Waals surface area contributed by atoms with Crippen LogP contribution in [0.3, 0.4) is 0 Å². The van der Waals surface area contributed by atoms with E-state index in [1.807, 2.05) is 0 Å². The Balaban J connectivity index is 2.04. The molecule has 1 aromatic heterocycles. The molecule has 3 amide bonds. The summed E-state index contributed by atoms with van der Waals surface area (Å²) < 4.78 is 10.6. The number of hydrogen-bond acceptors (Lipinski definition) is 6. The van der Waals surface area contributed by atoms with E-state index in [0.29, 0.717) is 11.4 Å². The maximum Gasteiger partial charge on any atom is 0.408 e. The summed E-state index contributed by atoms with van der Waals surface area (Å²) in [5.74, 6) is -0.819. The van der Waals surface area contributed by atoms with Gasteiger partial charge < -0.3 is 25.8 Å². The summed E-state index contributed by atoms with van der Waals surface area (Å²) >= 11 is 0. The molecule has 9 nitrogen and oxygen atoms in total. The minimum absolute atomic E-state index is 0.123. The largest absolute Gasteiger partial charge is 0.478 e. The summed E-state index contributed by atoms with van der Waals surface area (Å²) in [6.45, 7) is 5.07. The van der Waals surface area contributed by atoms with Crippen LogP contribution in [-0.2, 0) is 14.3 Å². The maximum absolute atomic E-state index is 12.1. The van der Waals surface area contributed by atoms with Gasteiger partial charge in [-0.15, -0.1) is 0 Å². The monoisotopic (exact) mass is 336 g/mol. The highest BCUT2D eigenvalue weighted by Gasteiger charge is 2.33. The number of hydrogen-bond donors (Lipinski definition) is 3. The molecule has 0 fully saturated rings. The summed E-state index contributed by atoms with van der Waals surface area (Å²) in [5, 5.41) is 4.98. The lowest BCUT2D eigenvalue weighted by molar-refractivity contribution is -0.125. The van der Waals surface area contributed by atoms with Crippen molar-refractivity contribution in [3.05, 3.63) is 18.5 Å². The van der Waals surface area contributed by atoms with Crippen molar-refractivity contribution >= 4 is 23.6 Å². The highest BCUT2D eigenvalue weighted by Crippen LogP contribution is 2.29. The smallest absolute Gasteiger partial charge is 0.408 e. The van der Waals surface area contributed by atoms with E-state index in [1.165, 1.54) is 12.4 Å². The summed E-state index contributed by atoms with van der Waals surface area (Å²) in [6, 6.07) is 0.474. The first kappa shape index (κ1) is 17.5. The fourth-order valence-corrected chi connectivity index (χ4v) is 2.06. The average Bonchev–Trinajstić information content (AvgIpc) is 2.45. The minimum Gasteiger partial charge on any atom is -0.478 e. The SMILES string of the molecule is CC(C)(C)OC(=O)N[C@@H](C[C@H]1Oc2ccncc2NC1=O)C(N)=O. The van der Waals surface area contributed by atoms with Crippen molar-refractivity contribution in [2.24, 2.45) is 5.73 Å². The van der Waals surface area contributed by atoms with Crippen molar-refractivity contribution in [1.82, 2.24) is 10.3 Å². The van der Waals surface area contributed by atoms with Gasteiger partial charge in [-0.25, -0.2) is 4.79 Å². The standard InChI is InChI=1S/C15H20N4O5/c1-15(2,3)24-14(22)19-8(12(16)20)6-11-13(21)18-9-7-17-5-4-10(9)23-11/h4-5,7-8,11H,6H2,1-3H3,(H2,16,20)(H,18,21)(H,19,22)/t8-,11+/m0/s1. The van der Waals surface area contributed by atoms with Gasteiger partial charge in [-0.05, 0) is 20.8 Å². The van der Waals surface area contributed by atoms with Gasteiger partial charge >= 0.3 is 6.09 Å². The van der Waals surface area contributed by atoms with Gasteiger partial charge in [0.05, 0.1) is 6.20 Å². The number of pyridine rings is 1. The first-order chi connectivity index (χ1) is 11.2. The van der Waals surface area contributed by atoms with Crippen molar-refractivity contribution in [3.8, 4) is 5.75 Å². The van der Waals surface area contributed by atoms with E-state index in [0.717, 1.165) is 0 Å². The number of carbonyl (C=O) groups excluding carboxylic acids is 3. The summed E-state index contributed by atoms with van der Waals surface area (Å²) in [7, 11) is 0. The van der Waals surface area contributed by atoms with Crippen LogP contribution in [0.2, 0.25) is 0 Å². The molecule has 0 unspecified atom stereocenters. The number of rotatable bonds is 4. The Labute approximate surface area is 138 Å². The Bertz CT molecular complexity index is 656. The Morgan fingerprint density at radius 2 is 2.21 bits per heavy atom. The zero-order valence-electron chi connectivity index (χ0n) is 13.7. The molecule has 0 saturated heterocycles. The van der Waals surface area contributed by atoms with Crippen LogP contribution in [0.5, 0.6) is 5.75 Å². The fourth-order valence-electron chi connectivity index (χ4n) is 2.06. The molecular weight excluding hydrogens is 316 g/mol. The highest BCUT2D eigenvalue weighted by molar-refractivity contribution is 5.98. The molecule has 2 rings (SSSR count). The number of nitrogens with zero attached hydrogens (tertiary/aromatic N) is 1. The molecule has 1 aliphatic rings. The normalized spacial score (nSPS) is 17.8. The first-order valence-electron chi connectivity index (χ1n) is 7.36. The molecule has 130 valence electrons. The molecule has 0 aliphatic carbocycles. The lowest BCUT2D eigenvalue weighted by Gasteiger charge is -2.28. The fraction of sp³-hybridized carbons (Fsp3) is 0.467. The summed E-state index contributed by atoms with van der Waals surface area (Å²) in [6.07, 6.45) is 1.06. The van der Waals surface area contributed by atoms with Crippen LogP contribution in [0.1, 0.15) is 27.2 Å². The van der Waals surface area contributed by atoms with Gasteiger partial charge in [-0.3, -0.25) is 14.6 Å². The third-order valence-electron chi connectivity index (χ3n) is 3.08. The Morgan fingerprint density at radius 1 is 1.50 bits per heavy atom. The maximum atomic E-state index is 12.1. The second-order valence-electron chi connectivity index (χ2n) is 6.30. The molecule has 0 spiro atoms. The molecule has 4 N–H and O–H groups in total. The number of aromatic nitrogens is 1. The van der Waals surface area contributed by atoms with Gasteiger partial charge in [-0.2, -0.15) is 0 Å². The van der Waals surface area contributed by atoms with Crippen molar-refractivity contribution in [2.45, 2.75) is 44.9 Å². The van der Waals surface area contributed by atoms with Gasteiger partial charge in [-0.1, -0.05) is 0 Å². The number of alkyl carbamates (subject to hydrolysis) is 1. The van der Waals surface area contributed by atoms with Crippen LogP contribution < -0.4 is 21.1 Å². The van der Waals surface area contributed by atoms with Gasteiger partial charge in [0.15, 0.2) is 6.10 Å². The number of nitrogens with one attached hydrogen (secondary N) is 2. The van der Waals surface area contributed by atoms with Crippen LogP contribution in [0.25, 0.3) is 0 Å². The minimum atomic E-state index is -1.11. The second kappa shape index (κ2) is 6.73. The van der Waals surface area contributed by atoms with E-state index in [1.54, 1.807) is 26.8 Å². The Kier molecular flexibility index (Phi) is 4.91. The molecule has 0 radical (unpaired) electrons. The zero-order chi connectivity index (χ0) is 17.9. The van der Waals surface area contributed by atoms with Crippen LogP contribution in [0.4, 0.5) is 10.5 Å². The molecule has 1 aliphatic heterocycles.